The van der Waals surface area contributed by atoms with Crippen LogP contribution >= 0.6 is 0 Å². The van der Waals surface area contributed by atoms with E-state index in [1.165, 1.54) is 36.8 Å². The molecule has 0 N–H and O–H groups in total. The van der Waals surface area contributed by atoms with Crippen molar-refractivity contribution in [3.05, 3.63) is 42.3 Å². The molecule has 0 aliphatic heterocycles. The summed E-state index contributed by atoms with van der Waals surface area (Å²) in [6.07, 6.45) is 5.20. The number of benzene rings is 1. The van der Waals surface area contributed by atoms with Gasteiger partial charge in [-0.1, -0.05) is 64.3 Å². The summed E-state index contributed by atoms with van der Waals surface area (Å²) in [6.45, 7) is 11.0. The van der Waals surface area contributed by atoms with Crippen LogP contribution in [0.5, 0.6) is 0 Å². The molecule has 0 aliphatic rings. The van der Waals surface area contributed by atoms with Gasteiger partial charge in [-0.2, -0.15) is 0 Å². The summed E-state index contributed by atoms with van der Waals surface area (Å²) in [5, 5.41) is 0. The highest BCUT2D eigenvalue weighted by molar-refractivity contribution is 5.35. The van der Waals surface area contributed by atoms with Crippen LogP contribution in [0.4, 0.5) is 0 Å². The van der Waals surface area contributed by atoms with Crippen LogP contribution in [-0.4, -0.2) is 0 Å². The predicted octanol–water partition coefficient (Wildman–Crippen LogP) is 4.73. The maximum atomic E-state index is 4.12. The van der Waals surface area contributed by atoms with E-state index in [1.807, 2.05) is 0 Å². The van der Waals surface area contributed by atoms with Crippen molar-refractivity contribution in [2.24, 2.45) is 0 Å². The summed E-state index contributed by atoms with van der Waals surface area (Å²) in [4.78, 5) is 0. The first kappa shape index (κ1) is 12.3. The highest BCUT2D eigenvalue weighted by Gasteiger charge is 2.21. The Hall–Kier alpha value is -0.780. The molecule has 83 valence electrons. The Kier molecular flexibility index (Phi) is 4.38. The molecule has 0 spiro atoms. The Morgan fingerprint density at radius 1 is 1.13 bits per heavy atom. The largest absolute Gasteiger partial charge is 0.0654 e. The Morgan fingerprint density at radius 3 is 2.40 bits per heavy atom. The maximum absolute atomic E-state index is 4.12. The molecule has 0 saturated heterocycles. The fraction of sp³-hybridized carbons (Fsp3) is 0.533. The van der Waals surface area contributed by atoms with Crippen LogP contribution < -0.4 is 0 Å². The van der Waals surface area contributed by atoms with Crippen LogP contribution in [0.1, 0.15) is 57.6 Å². The molecule has 1 radical (unpaired) electrons. The van der Waals surface area contributed by atoms with E-state index in [9.17, 15) is 0 Å². The summed E-state index contributed by atoms with van der Waals surface area (Å²) in [6, 6.07) is 8.50. The fourth-order valence-corrected chi connectivity index (χ4v) is 2.13. The van der Waals surface area contributed by atoms with E-state index in [4.69, 9.17) is 0 Å². The molecular weight excluding hydrogens is 180 g/mol. The molecule has 15 heavy (non-hydrogen) atoms. The molecule has 1 aromatic carbocycles. The van der Waals surface area contributed by atoms with Gasteiger partial charge in [0.25, 0.3) is 0 Å². The molecule has 0 atom stereocenters. The van der Waals surface area contributed by atoms with Crippen molar-refractivity contribution in [1.82, 2.24) is 0 Å². The smallest absolute Gasteiger partial charge is 0.0101 e. The minimum absolute atomic E-state index is 0.271. The SMILES string of the molecule is [CH2]c1ccccc1C(C)(C)CCCCC. The van der Waals surface area contributed by atoms with E-state index >= 15 is 0 Å². The third-order valence-corrected chi connectivity index (χ3v) is 3.15. The third-order valence-electron chi connectivity index (χ3n) is 3.15. The van der Waals surface area contributed by atoms with Gasteiger partial charge < -0.3 is 0 Å². The number of rotatable bonds is 5. The second-order valence-electron chi connectivity index (χ2n) is 5.00. The molecule has 0 heteroatoms. The van der Waals surface area contributed by atoms with Crippen molar-refractivity contribution in [3.63, 3.8) is 0 Å². The standard InChI is InChI=1S/C15H23/c1-5-6-9-12-15(3,4)14-11-8-7-10-13(14)2/h7-8,10-11H,2,5-6,9,12H2,1,3-4H3. The highest BCUT2D eigenvalue weighted by atomic mass is 14.3. The molecule has 0 aliphatic carbocycles. The average Bonchev–Trinajstić information content (AvgIpc) is 2.18. The minimum atomic E-state index is 0.271. The van der Waals surface area contributed by atoms with Gasteiger partial charge >= 0.3 is 0 Å². The Balaban J connectivity index is 2.72. The van der Waals surface area contributed by atoms with Crippen LogP contribution in [0.2, 0.25) is 0 Å². The molecule has 0 heterocycles. The van der Waals surface area contributed by atoms with Crippen LogP contribution in [0.3, 0.4) is 0 Å². The number of unbranched alkanes of at least 4 members (excludes halogenated alkanes) is 2. The molecule has 0 unspecified atom stereocenters. The Morgan fingerprint density at radius 2 is 1.80 bits per heavy atom. The van der Waals surface area contributed by atoms with Gasteiger partial charge in [0.15, 0.2) is 0 Å². The zero-order valence-electron chi connectivity index (χ0n) is 10.3. The van der Waals surface area contributed by atoms with Gasteiger partial charge in [-0.15, -0.1) is 0 Å². The first-order valence-corrected chi connectivity index (χ1v) is 5.99. The topological polar surface area (TPSA) is 0 Å². The van der Waals surface area contributed by atoms with E-state index in [0.717, 1.165) is 0 Å². The highest BCUT2D eigenvalue weighted by Crippen LogP contribution is 2.31. The van der Waals surface area contributed by atoms with Crippen molar-refractivity contribution in [1.29, 1.82) is 0 Å². The average molecular weight is 203 g/mol. The second kappa shape index (κ2) is 5.34. The molecule has 0 nitrogen and oxygen atoms in total. The van der Waals surface area contributed by atoms with E-state index in [2.05, 4.69) is 52.0 Å². The molecule has 0 fully saturated rings. The molecule has 0 bridgehead atoms. The predicted molar refractivity (Wildman–Crippen MR) is 68.1 cm³/mol. The van der Waals surface area contributed by atoms with Crippen molar-refractivity contribution in [2.45, 2.75) is 51.9 Å². The Labute approximate surface area is 94.7 Å². The van der Waals surface area contributed by atoms with Gasteiger partial charge in [-0.25, -0.2) is 0 Å². The fourth-order valence-electron chi connectivity index (χ4n) is 2.13. The molecule has 1 aromatic rings. The lowest BCUT2D eigenvalue weighted by Crippen LogP contribution is -2.18. The van der Waals surface area contributed by atoms with Crippen molar-refractivity contribution in [2.75, 3.05) is 0 Å². The van der Waals surface area contributed by atoms with Crippen molar-refractivity contribution < 1.29 is 0 Å². The van der Waals surface area contributed by atoms with Gasteiger partial charge in [0, 0.05) is 0 Å². The lowest BCUT2D eigenvalue weighted by atomic mass is 9.78. The van der Waals surface area contributed by atoms with Gasteiger partial charge in [0.2, 0.25) is 0 Å². The summed E-state index contributed by atoms with van der Waals surface area (Å²) in [5.74, 6) is 0. The first-order chi connectivity index (χ1) is 7.08. The normalized spacial score (nSPS) is 11.7. The van der Waals surface area contributed by atoms with Crippen LogP contribution in [0.25, 0.3) is 0 Å². The van der Waals surface area contributed by atoms with E-state index in [0.29, 0.717) is 0 Å². The summed E-state index contributed by atoms with van der Waals surface area (Å²) in [5.41, 5.74) is 2.85. The van der Waals surface area contributed by atoms with Crippen molar-refractivity contribution in [3.8, 4) is 0 Å². The Bertz CT molecular complexity index is 297. The van der Waals surface area contributed by atoms with Crippen LogP contribution in [0.15, 0.2) is 24.3 Å². The van der Waals surface area contributed by atoms with Gasteiger partial charge in [-0.05, 0) is 29.9 Å². The molecule has 0 amide bonds. The number of hydrogen-bond donors (Lipinski definition) is 0. The molecule has 0 aromatic heterocycles. The lowest BCUT2D eigenvalue weighted by molar-refractivity contribution is 0.449. The first-order valence-electron chi connectivity index (χ1n) is 5.99. The molecule has 1 rings (SSSR count). The van der Waals surface area contributed by atoms with E-state index in [1.54, 1.807) is 0 Å². The maximum Gasteiger partial charge on any atom is -0.0101 e. The van der Waals surface area contributed by atoms with Gasteiger partial charge in [-0.3, -0.25) is 0 Å². The second-order valence-corrected chi connectivity index (χ2v) is 5.00. The lowest BCUT2D eigenvalue weighted by Gasteiger charge is -2.27. The van der Waals surface area contributed by atoms with Crippen LogP contribution in [0, 0.1) is 6.92 Å². The van der Waals surface area contributed by atoms with Gasteiger partial charge in [0.05, 0.1) is 0 Å². The zero-order valence-corrected chi connectivity index (χ0v) is 10.3. The quantitative estimate of drug-likeness (QED) is 0.607. The molecular formula is C15H23. The van der Waals surface area contributed by atoms with E-state index in [-0.39, 0.29) is 5.41 Å². The van der Waals surface area contributed by atoms with Crippen molar-refractivity contribution >= 4 is 0 Å². The summed E-state index contributed by atoms with van der Waals surface area (Å²) in [7, 11) is 0. The zero-order chi connectivity index (χ0) is 11.3. The number of hydrogen-bond acceptors (Lipinski definition) is 0. The van der Waals surface area contributed by atoms with Gasteiger partial charge in [0.1, 0.15) is 0 Å². The van der Waals surface area contributed by atoms with E-state index < -0.39 is 0 Å². The monoisotopic (exact) mass is 203 g/mol. The summed E-state index contributed by atoms with van der Waals surface area (Å²) >= 11 is 0. The minimum Gasteiger partial charge on any atom is -0.0654 e. The summed E-state index contributed by atoms with van der Waals surface area (Å²) < 4.78 is 0. The molecule has 0 saturated carbocycles. The third kappa shape index (κ3) is 3.37. The van der Waals surface area contributed by atoms with Crippen LogP contribution in [-0.2, 0) is 5.41 Å².